The van der Waals surface area contributed by atoms with Gasteiger partial charge in [-0.15, -0.1) is 0 Å². The molecule has 0 unspecified atom stereocenters. The number of hydrogen-bond acceptors (Lipinski definition) is 1. The number of hydrogen-bond donors (Lipinski definition) is 1. The molecule has 0 amide bonds. The lowest BCUT2D eigenvalue weighted by Crippen LogP contribution is -2.14. The Morgan fingerprint density at radius 2 is 1.83 bits per heavy atom. The summed E-state index contributed by atoms with van der Waals surface area (Å²) >= 11 is 11.7. The van der Waals surface area contributed by atoms with Crippen molar-refractivity contribution in [2.24, 2.45) is 10.7 Å². The normalized spacial score (nSPS) is 11.8. The summed E-state index contributed by atoms with van der Waals surface area (Å²) in [5, 5.41) is 1.04. The Bertz CT molecular complexity index is 301. The molecule has 0 atom stereocenters. The van der Waals surface area contributed by atoms with Gasteiger partial charge in [0, 0.05) is 7.05 Å². The van der Waals surface area contributed by atoms with Crippen molar-refractivity contribution in [1.82, 2.24) is 0 Å². The lowest BCUT2D eigenvalue weighted by molar-refractivity contribution is 1.39. The highest BCUT2D eigenvalue weighted by Crippen LogP contribution is 2.23. The van der Waals surface area contributed by atoms with Gasteiger partial charge in [-0.2, -0.15) is 0 Å². The number of nitrogens with zero attached hydrogens (tertiary/aromatic N) is 1. The van der Waals surface area contributed by atoms with Crippen molar-refractivity contribution < 1.29 is 0 Å². The molecular weight excluding hydrogens is 195 g/mol. The summed E-state index contributed by atoms with van der Waals surface area (Å²) in [4.78, 5) is 3.81. The summed E-state index contributed by atoms with van der Waals surface area (Å²) in [6.45, 7) is 0. The molecule has 0 aliphatic rings. The van der Waals surface area contributed by atoms with Crippen molar-refractivity contribution in [1.29, 1.82) is 0 Å². The zero-order chi connectivity index (χ0) is 9.14. The van der Waals surface area contributed by atoms with Crippen LogP contribution in [0, 0.1) is 0 Å². The summed E-state index contributed by atoms with van der Waals surface area (Å²) in [6, 6.07) is 5.21. The van der Waals surface area contributed by atoms with Gasteiger partial charge in [-0.3, -0.25) is 4.99 Å². The Morgan fingerprint density at radius 3 is 2.25 bits per heavy atom. The Balaban J connectivity index is 3.31. The Labute approximate surface area is 81.0 Å². The van der Waals surface area contributed by atoms with Crippen LogP contribution in [-0.4, -0.2) is 12.9 Å². The standard InChI is InChI=1S/C8H8Cl2N2/c1-12-8(11)7-5(9)3-2-4-6(7)10/h2-4H,1H3,(H2,11,12). The van der Waals surface area contributed by atoms with Crippen molar-refractivity contribution >= 4 is 29.0 Å². The van der Waals surface area contributed by atoms with Crippen LogP contribution in [0.5, 0.6) is 0 Å². The number of nitrogens with two attached hydrogens (primary N) is 1. The van der Waals surface area contributed by atoms with Crippen LogP contribution in [0.25, 0.3) is 0 Å². The van der Waals surface area contributed by atoms with Crippen molar-refractivity contribution in [2.75, 3.05) is 7.05 Å². The first-order valence-electron chi connectivity index (χ1n) is 3.33. The number of aliphatic imine (C=N–C) groups is 1. The van der Waals surface area contributed by atoms with Crippen LogP contribution in [0.4, 0.5) is 0 Å². The summed E-state index contributed by atoms with van der Waals surface area (Å²) in [5.41, 5.74) is 6.18. The zero-order valence-corrected chi connectivity index (χ0v) is 8.02. The fraction of sp³-hybridized carbons (Fsp3) is 0.125. The van der Waals surface area contributed by atoms with Gasteiger partial charge in [0.05, 0.1) is 15.6 Å². The van der Waals surface area contributed by atoms with Crippen LogP contribution < -0.4 is 5.73 Å². The van der Waals surface area contributed by atoms with E-state index in [4.69, 9.17) is 28.9 Å². The summed E-state index contributed by atoms with van der Waals surface area (Å²) in [5.74, 6) is 0.352. The van der Waals surface area contributed by atoms with E-state index < -0.39 is 0 Å². The van der Waals surface area contributed by atoms with E-state index in [1.807, 2.05) is 0 Å². The molecule has 12 heavy (non-hydrogen) atoms. The SMILES string of the molecule is CN=C(N)c1c(Cl)cccc1Cl. The fourth-order valence-electron chi connectivity index (χ4n) is 0.854. The summed E-state index contributed by atoms with van der Waals surface area (Å²) in [6.07, 6.45) is 0. The number of halogens is 2. The molecule has 1 rings (SSSR count). The molecule has 0 saturated carbocycles. The second-order valence-corrected chi connectivity index (χ2v) is 3.02. The van der Waals surface area contributed by atoms with E-state index in [1.165, 1.54) is 0 Å². The molecule has 1 aromatic rings. The van der Waals surface area contributed by atoms with Gasteiger partial charge < -0.3 is 5.73 Å². The smallest absolute Gasteiger partial charge is 0.128 e. The highest BCUT2D eigenvalue weighted by Gasteiger charge is 2.07. The van der Waals surface area contributed by atoms with Crippen molar-refractivity contribution in [2.45, 2.75) is 0 Å². The Morgan fingerprint density at radius 1 is 1.33 bits per heavy atom. The van der Waals surface area contributed by atoms with Crippen molar-refractivity contribution in [3.63, 3.8) is 0 Å². The maximum absolute atomic E-state index is 5.86. The van der Waals surface area contributed by atoms with Gasteiger partial charge in [0.25, 0.3) is 0 Å². The first-order valence-corrected chi connectivity index (χ1v) is 4.09. The topological polar surface area (TPSA) is 38.4 Å². The molecule has 0 bridgehead atoms. The Hall–Kier alpha value is -0.730. The van der Waals surface area contributed by atoms with E-state index >= 15 is 0 Å². The highest BCUT2D eigenvalue weighted by molar-refractivity contribution is 6.39. The molecule has 0 radical (unpaired) electrons. The lowest BCUT2D eigenvalue weighted by atomic mass is 10.2. The third kappa shape index (κ3) is 1.71. The van der Waals surface area contributed by atoms with Crippen LogP contribution in [0.3, 0.4) is 0 Å². The van der Waals surface area contributed by atoms with Crippen molar-refractivity contribution in [3.8, 4) is 0 Å². The van der Waals surface area contributed by atoms with Gasteiger partial charge in [0.2, 0.25) is 0 Å². The minimum absolute atomic E-state index is 0.352. The molecule has 2 nitrogen and oxygen atoms in total. The molecule has 4 heteroatoms. The second-order valence-electron chi connectivity index (χ2n) is 2.21. The van der Waals surface area contributed by atoms with Gasteiger partial charge >= 0.3 is 0 Å². The maximum Gasteiger partial charge on any atom is 0.128 e. The molecule has 0 aliphatic heterocycles. The molecule has 0 fully saturated rings. The molecule has 0 saturated heterocycles. The average molecular weight is 203 g/mol. The predicted molar refractivity (Wildman–Crippen MR) is 53.1 cm³/mol. The molecule has 0 spiro atoms. The minimum Gasteiger partial charge on any atom is -0.383 e. The predicted octanol–water partition coefficient (Wildman–Crippen LogP) is 2.33. The third-order valence-corrected chi connectivity index (χ3v) is 2.09. The largest absolute Gasteiger partial charge is 0.383 e. The first-order chi connectivity index (χ1) is 5.66. The van der Waals surface area contributed by atoms with Gasteiger partial charge in [-0.25, -0.2) is 0 Å². The molecule has 0 heterocycles. The zero-order valence-electron chi connectivity index (χ0n) is 6.51. The van der Waals surface area contributed by atoms with E-state index in [9.17, 15) is 0 Å². The monoisotopic (exact) mass is 202 g/mol. The second kappa shape index (κ2) is 3.78. The molecular formula is C8H8Cl2N2. The van der Waals surface area contributed by atoms with E-state index in [1.54, 1.807) is 25.2 Å². The maximum atomic E-state index is 5.86. The molecule has 1 aromatic carbocycles. The van der Waals surface area contributed by atoms with Crippen LogP contribution in [-0.2, 0) is 0 Å². The number of benzene rings is 1. The molecule has 0 aliphatic carbocycles. The van der Waals surface area contributed by atoms with Gasteiger partial charge in [0.1, 0.15) is 5.84 Å². The van der Waals surface area contributed by atoms with Gasteiger partial charge in [-0.1, -0.05) is 29.3 Å². The van der Waals surface area contributed by atoms with E-state index in [2.05, 4.69) is 4.99 Å². The summed E-state index contributed by atoms with van der Waals surface area (Å²) < 4.78 is 0. The molecule has 0 aromatic heterocycles. The number of amidine groups is 1. The van der Waals surface area contributed by atoms with Crippen molar-refractivity contribution in [3.05, 3.63) is 33.8 Å². The van der Waals surface area contributed by atoms with Gasteiger partial charge in [-0.05, 0) is 12.1 Å². The quantitative estimate of drug-likeness (QED) is 0.552. The minimum atomic E-state index is 0.352. The Kier molecular flexibility index (Phi) is 2.95. The average Bonchev–Trinajstić information content (AvgIpc) is 2.03. The first kappa shape index (κ1) is 9.36. The fourth-order valence-corrected chi connectivity index (χ4v) is 1.45. The molecule has 2 N–H and O–H groups in total. The van der Waals surface area contributed by atoms with Crippen LogP contribution >= 0.6 is 23.2 Å². The van der Waals surface area contributed by atoms with E-state index in [0.29, 0.717) is 21.4 Å². The summed E-state index contributed by atoms with van der Waals surface area (Å²) in [7, 11) is 1.59. The van der Waals surface area contributed by atoms with E-state index in [-0.39, 0.29) is 0 Å². The third-order valence-electron chi connectivity index (χ3n) is 1.46. The van der Waals surface area contributed by atoms with Crippen LogP contribution in [0.15, 0.2) is 23.2 Å². The van der Waals surface area contributed by atoms with Crippen LogP contribution in [0.1, 0.15) is 5.56 Å². The van der Waals surface area contributed by atoms with Gasteiger partial charge in [0.15, 0.2) is 0 Å². The van der Waals surface area contributed by atoms with Crippen LogP contribution in [0.2, 0.25) is 10.0 Å². The highest BCUT2D eigenvalue weighted by atomic mass is 35.5. The number of rotatable bonds is 1. The lowest BCUT2D eigenvalue weighted by Gasteiger charge is -2.04. The van der Waals surface area contributed by atoms with E-state index in [0.717, 1.165) is 0 Å². The molecule has 64 valence electrons.